The lowest BCUT2D eigenvalue weighted by Crippen LogP contribution is -2.49. The molecule has 3 aromatic heterocycles. The smallest absolute Gasteiger partial charge is 0.272 e. The molecule has 11 heteroatoms. The maximum absolute atomic E-state index is 13.3. The van der Waals surface area contributed by atoms with E-state index in [0.29, 0.717) is 60.8 Å². The van der Waals surface area contributed by atoms with E-state index in [9.17, 15) is 4.79 Å². The van der Waals surface area contributed by atoms with Crippen molar-refractivity contribution in [3.63, 3.8) is 0 Å². The Labute approximate surface area is 208 Å². The van der Waals surface area contributed by atoms with Crippen molar-refractivity contribution in [1.29, 1.82) is 0 Å². The highest BCUT2D eigenvalue weighted by atomic mass is 16.5. The van der Waals surface area contributed by atoms with Crippen molar-refractivity contribution < 1.29 is 18.8 Å². The second-order valence-electron chi connectivity index (χ2n) is 8.43. The van der Waals surface area contributed by atoms with Crippen molar-refractivity contribution in [3.05, 3.63) is 54.2 Å². The van der Waals surface area contributed by atoms with Crippen LogP contribution in [0.4, 0.5) is 5.82 Å². The second kappa shape index (κ2) is 9.68. The average molecular weight is 490 g/mol. The van der Waals surface area contributed by atoms with E-state index in [1.807, 2.05) is 35.2 Å². The van der Waals surface area contributed by atoms with E-state index in [1.54, 1.807) is 45.1 Å². The highest BCUT2D eigenvalue weighted by Crippen LogP contribution is 2.33. The normalized spacial score (nSPS) is 13.7. The summed E-state index contributed by atoms with van der Waals surface area (Å²) in [7, 11) is 4.99. The van der Waals surface area contributed by atoms with Crippen LogP contribution < -0.4 is 14.4 Å². The Morgan fingerprint density at radius 3 is 2.47 bits per heavy atom. The van der Waals surface area contributed by atoms with Crippen LogP contribution in [-0.4, -0.2) is 76.1 Å². The summed E-state index contributed by atoms with van der Waals surface area (Å²) in [6.45, 7) is 4.26. The zero-order valence-electron chi connectivity index (χ0n) is 20.6. The molecule has 0 N–H and O–H groups in total. The van der Waals surface area contributed by atoms with Gasteiger partial charge in [0.1, 0.15) is 23.0 Å². The van der Waals surface area contributed by atoms with Crippen molar-refractivity contribution in [2.45, 2.75) is 6.92 Å². The molecule has 5 rings (SSSR count). The summed E-state index contributed by atoms with van der Waals surface area (Å²) in [5.74, 6) is 3.17. The number of pyridine rings is 1. The minimum Gasteiger partial charge on any atom is -0.497 e. The number of amides is 1. The minimum absolute atomic E-state index is 0.0615. The van der Waals surface area contributed by atoms with E-state index in [4.69, 9.17) is 14.0 Å². The predicted molar refractivity (Wildman–Crippen MR) is 132 cm³/mol. The van der Waals surface area contributed by atoms with Crippen LogP contribution >= 0.6 is 0 Å². The molecule has 1 amide bonds. The van der Waals surface area contributed by atoms with E-state index >= 15 is 0 Å². The largest absolute Gasteiger partial charge is 0.497 e. The van der Waals surface area contributed by atoms with Crippen LogP contribution in [0, 0.1) is 6.92 Å². The molecule has 0 atom stereocenters. The average Bonchev–Trinajstić information content (AvgIpc) is 3.53. The van der Waals surface area contributed by atoms with Crippen LogP contribution in [0.25, 0.3) is 22.6 Å². The van der Waals surface area contributed by atoms with E-state index < -0.39 is 0 Å². The molecule has 1 fully saturated rings. The Kier molecular flexibility index (Phi) is 6.28. The maximum atomic E-state index is 13.3. The summed E-state index contributed by atoms with van der Waals surface area (Å²) in [5, 5.41) is 8.50. The maximum Gasteiger partial charge on any atom is 0.272 e. The standard InChI is InChI=1S/C25H27N7O4/c1-16-27-24(29-36-16)17-5-8-23(26-15-17)31-9-11-32(12-10-31)25(33)21-14-20(28-30(21)2)19-13-18(34-3)6-7-22(19)35-4/h5-8,13-15H,9-12H2,1-4H3. The number of aromatic nitrogens is 5. The molecular weight excluding hydrogens is 462 g/mol. The molecule has 1 aliphatic rings. The van der Waals surface area contributed by atoms with Crippen LogP contribution in [-0.2, 0) is 7.05 Å². The topological polar surface area (TPSA) is 112 Å². The summed E-state index contributed by atoms with van der Waals surface area (Å²) >= 11 is 0. The molecule has 0 radical (unpaired) electrons. The van der Waals surface area contributed by atoms with E-state index in [0.717, 1.165) is 16.9 Å². The summed E-state index contributed by atoms with van der Waals surface area (Å²) in [6.07, 6.45) is 1.74. The number of hydrogen-bond acceptors (Lipinski definition) is 9. The molecule has 186 valence electrons. The molecule has 1 saturated heterocycles. The number of aryl methyl sites for hydroxylation is 2. The molecule has 4 heterocycles. The Morgan fingerprint density at radius 1 is 1.03 bits per heavy atom. The SMILES string of the molecule is COc1ccc(OC)c(-c2cc(C(=O)N3CCN(c4ccc(-c5noc(C)n5)cn4)CC3)n(C)n2)c1. The van der Waals surface area contributed by atoms with Crippen molar-refractivity contribution in [1.82, 2.24) is 29.8 Å². The van der Waals surface area contributed by atoms with Gasteiger partial charge in [-0.2, -0.15) is 10.1 Å². The fourth-order valence-electron chi connectivity index (χ4n) is 4.24. The first-order valence-corrected chi connectivity index (χ1v) is 11.5. The summed E-state index contributed by atoms with van der Waals surface area (Å²) < 4.78 is 17.5. The molecule has 36 heavy (non-hydrogen) atoms. The quantitative estimate of drug-likeness (QED) is 0.404. The van der Waals surface area contributed by atoms with Crippen LogP contribution in [0.5, 0.6) is 11.5 Å². The zero-order valence-corrected chi connectivity index (χ0v) is 20.6. The molecule has 11 nitrogen and oxygen atoms in total. The van der Waals surface area contributed by atoms with Crippen molar-refractivity contribution >= 4 is 11.7 Å². The van der Waals surface area contributed by atoms with Gasteiger partial charge in [0.25, 0.3) is 5.91 Å². The molecule has 0 bridgehead atoms. The number of rotatable bonds is 6. The highest BCUT2D eigenvalue weighted by Gasteiger charge is 2.26. The lowest BCUT2D eigenvalue weighted by Gasteiger charge is -2.35. The lowest BCUT2D eigenvalue weighted by molar-refractivity contribution is 0.0735. The molecule has 0 spiro atoms. The fraction of sp³-hybridized carbons (Fsp3) is 0.320. The number of carbonyl (C=O) groups is 1. The minimum atomic E-state index is -0.0615. The number of benzene rings is 1. The predicted octanol–water partition coefficient (Wildman–Crippen LogP) is 2.82. The van der Waals surface area contributed by atoms with E-state index in [-0.39, 0.29) is 5.91 Å². The van der Waals surface area contributed by atoms with Crippen LogP contribution in [0.1, 0.15) is 16.4 Å². The van der Waals surface area contributed by atoms with Gasteiger partial charge in [-0.3, -0.25) is 9.48 Å². The Hall–Kier alpha value is -4.41. The van der Waals surface area contributed by atoms with Crippen molar-refractivity contribution in [2.75, 3.05) is 45.3 Å². The first-order chi connectivity index (χ1) is 17.5. The van der Waals surface area contributed by atoms with Gasteiger partial charge in [-0.15, -0.1) is 0 Å². The number of methoxy groups -OCH3 is 2. The van der Waals surface area contributed by atoms with Crippen LogP contribution in [0.2, 0.25) is 0 Å². The number of piperazine rings is 1. The van der Waals surface area contributed by atoms with Gasteiger partial charge >= 0.3 is 0 Å². The third-order valence-corrected chi connectivity index (χ3v) is 6.21. The summed E-state index contributed by atoms with van der Waals surface area (Å²) in [5.41, 5.74) is 2.73. The Morgan fingerprint density at radius 2 is 1.83 bits per heavy atom. The number of carbonyl (C=O) groups excluding carboxylic acids is 1. The van der Waals surface area contributed by atoms with Gasteiger partial charge in [0.05, 0.1) is 19.9 Å². The molecule has 4 aromatic rings. The second-order valence-corrected chi connectivity index (χ2v) is 8.43. The first-order valence-electron chi connectivity index (χ1n) is 11.5. The van der Waals surface area contributed by atoms with Gasteiger partial charge in [0.15, 0.2) is 0 Å². The van der Waals surface area contributed by atoms with Gasteiger partial charge in [-0.05, 0) is 36.4 Å². The fourth-order valence-corrected chi connectivity index (χ4v) is 4.24. The number of hydrogen-bond donors (Lipinski definition) is 0. The Bertz CT molecular complexity index is 1370. The third-order valence-electron chi connectivity index (χ3n) is 6.21. The molecule has 1 aromatic carbocycles. The van der Waals surface area contributed by atoms with Crippen molar-refractivity contribution in [2.24, 2.45) is 7.05 Å². The molecular formula is C25H27N7O4. The van der Waals surface area contributed by atoms with Crippen molar-refractivity contribution in [3.8, 4) is 34.1 Å². The van der Waals surface area contributed by atoms with E-state index in [1.165, 1.54) is 0 Å². The lowest BCUT2D eigenvalue weighted by atomic mass is 10.1. The summed E-state index contributed by atoms with van der Waals surface area (Å²) in [4.78, 5) is 26.1. The van der Waals surface area contributed by atoms with Gasteiger partial charge in [0, 0.05) is 57.5 Å². The summed E-state index contributed by atoms with van der Waals surface area (Å²) in [6, 6.07) is 11.2. The molecule has 0 saturated carbocycles. The van der Waals surface area contributed by atoms with Gasteiger partial charge in [-0.1, -0.05) is 5.16 Å². The van der Waals surface area contributed by atoms with E-state index in [2.05, 4.69) is 25.1 Å². The van der Waals surface area contributed by atoms with Gasteiger partial charge in [0.2, 0.25) is 11.7 Å². The highest BCUT2D eigenvalue weighted by molar-refractivity contribution is 5.94. The number of nitrogens with zero attached hydrogens (tertiary/aromatic N) is 7. The number of ether oxygens (including phenoxy) is 2. The Balaban J connectivity index is 1.27. The molecule has 1 aliphatic heterocycles. The van der Waals surface area contributed by atoms with Crippen LogP contribution in [0.3, 0.4) is 0 Å². The molecule has 0 aliphatic carbocycles. The first kappa shape index (κ1) is 23.3. The zero-order chi connectivity index (χ0) is 25.2. The molecule has 0 unspecified atom stereocenters. The monoisotopic (exact) mass is 489 g/mol. The van der Waals surface area contributed by atoms with Gasteiger partial charge < -0.3 is 23.8 Å². The van der Waals surface area contributed by atoms with Gasteiger partial charge in [-0.25, -0.2) is 4.98 Å². The number of anilines is 1. The third kappa shape index (κ3) is 4.47. The van der Waals surface area contributed by atoms with Crippen LogP contribution in [0.15, 0.2) is 47.1 Å².